The smallest absolute Gasteiger partial charge is 0.255 e. The fourth-order valence-electron chi connectivity index (χ4n) is 2.20. The molecule has 0 saturated heterocycles. The summed E-state index contributed by atoms with van der Waals surface area (Å²) in [5, 5.41) is 6.05. The highest BCUT2D eigenvalue weighted by Gasteiger charge is 2.14. The summed E-state index contributed by atoms with van der Waals surface area (Å²) in [6.45, 7) is 12.2. The van der Waals surface area contributed by atoms with Crippen LogP contribution >= 0.6 is 0 Å². The van der Waals surface area contributed by atoms with Crippen molar-refractivity contribution in [1.29, 1.82) is 0 Å². The minimum Gasteiger partial charge on any atom is -0.366 e. The maximum absolute atomic E-state index is 12.3. The topological polar surface area (TPSA) is 41.1 Å². The fourth-order valence-corrected chi connectivity index (χ4v) is 2.20. The highest BCUT2D eigenvalue weighted by Crippen LogP contribution is 2.24. The minimum absolute atomic E-state index is 0.102. The molecule has 3 heteroatoms. The first kappa shape index (κ1) is 18.8. The molecule has 1 amide bonds. The van der Waals surface area contributed by atoms with E-state index >= 15 is 0 Å². The molecule has 23 heavy (non-hydrogen) atoms. The van der Waals surface area contributed by atoms with Gasteiger partial charge >= 0.3 is 0 Å². The number of amides is 1. The van der Waals surface area contributed by atoms with Crippen molar-refractivity contribution in [2.45, 2.75) is 47.0 Å². The van der Waals surface area contributed by atoms with Crippen molar-refractivity contribution in [1.82, 2.24) is 10.6 Å². The van der Waals surface area contributed by atoms with Crippen molar-refractivity contribution < 1.29 is 4.79 Å². The molecule has 1 aliphatic rings. The number of hydrogen-bond acceptors (Lipinski definition) is 2. The van der Waals surface area contributed by atoms with Crippen LogP contribution < -0.4 is 10.6 Å². The molecule has 1 heterocycles. The Morgan fingerprint density at radius 3 is 2.70 bits per heavy atom. The van der Waals surface area contributed by atoms with Gasteiger partial charge < -0.3 is 10.6 Å². The van der Waals surface area contributed by atoms with Gasteiger partial charge in [0.25, 0.3) is 5.91 Å². The lowest BCUT2D eigenvalue weighted by atomic mass is 9.94. The van der Waals surface area contributed by atoms with Crippen LogP contribution in [-0.2, 0) is 4.79 Å². The summed E-state index contributed by atoms with van der Waals surface area (Å²) in [6, 6.07) is 0. The molecule has 1 aliphatic heterocycles. The summed E-state index contributed by atoms with van der Waals surface area (Å²) < 4.78 is 0. The van der Waals surface area contributed by atoms with Crippen LogP contribution in [0.2, 0.25) is 0 Å². The normalized spacial score (nSPS) is 19.2. The Kier molecular flexibility index (Phi) is 7.89. The Balaban J connectivity index is 3.17. The van der Waals surface area contributed by atoms with Crippen LogP contribution in [0.15, 0.2) is 71.3 Å². The molecule has 0 spiro atoms. The van der Waals surface area contributed by atoms with Crippen molar-refractivity contribution >= 4 is 5.91 Å². The van der Waals surface area contributed by atoms with Crippen LogP contribution in [0.25, 0.3) is 0 Å². The van der Waals surface area contributed by atoms with E-state index < -0.39 is 0 Å². The maximum atomic E-state index is 12.3. The van der Waals surface area contributed by atoms with Crippen LogP contribution in [0.5, 0.6) is 0 Å². The summed E-state index contributed by atoms with van der Waals surface area (Å²) in [6.07, 6.45) is 14.5. The van der Waals surface area contributed by atoms with Gasteiger partial charge in [0, 0.05) is 11.8 Å². The predicted octanol–water partition coefficient (Wildman–Crippen LogP) is 4.65. The summed E-state index contributed by atoms with van der Waals surface area (Å²) in [7, 11) is 0. The highest BCUT2D eigenvalue weighted by atomic mass is 16.1. The predicted molar refractivity (Wildman–Crippen MR) is 98.4 cm³/mol. The third kappa shape index (κ3) is 5.78. The Morgan fingerprint density at radius 2 is 2.09 bits per heavy atom. The molecule has 124 valence electrons. The lowest BCUT2D eigenvalue weighted by molar-refractivity contribution is -0.116. The SMILES string of the molecule is C=C(CC)C1=C/C(=C/N/C=C/CCC)NC(=O)/C(=C/C)C=C1C. The van der Waals surface area contributed by atoms with Gasteiger partial charge in [-0.3, -0.25) is 4.79 Å². The van der Waals surface area contributed by atoms with Crippen LogP contribution in [0.4, 0.5) is 0 Å². The number of nitrogens with one attached hydrogen (secondary N) is 2. The summed E-state index contributed by atoms with van der Waals surface area (Å²) in [5.41, 5.74) is 4.56. The molecule has 0 bridgehead atoms. The van der Waals surface area contributed by atoms with Gasteiger partial charge in [-0.1, -0.05) is 39.0 Å². The first-order valence-electron chi connectivity index (χ1n) is 8.20. The van der Waals surface area contributed by atoms with Crippen molar-refractivity contribution in [2.24, 2.45) is 0 Å². The zero-order valence-electron chi connectivity index (χ0n) is 14.7. The first-order chi connectivity index (χ1) is 11.0. The molecule has 2 N–H and O–H groups in total. The molecule has 0 aromatic heterocycles. The van der Waals surface area contributed by atoms with Crippen molar-refractivity contribution in [3.8, 4) is 0 Å². The molecular formula is C20H28N2O. The molecule has 3 nitrogen and oxygen atoms in total. The number of unbranched alkanes of at least 4 members (excludes halogenated alkanes) is 1. The number of hydrogen-bond donors (Lipinski definition) is 2. The third-order valence-electron chi connectivity index (χ3n) is 3.64. The Hall–Kier alpha value is -2.29. The summed E-state index contributed by atoms with van der Waals surface area (Å²) in [5.74, 6) is -0.102. The van der Waals surface area contributed by atoms with E-state index in [0.29, 0.717) is 5.57 Å². The van der Waals surface area contributed by atoms with Crippen molar-refractivity contribution in [3.05, 3.63) is 71.3 Å². The molecule has 0 saturated carbocycles. The molecule has 1 rings (SSSR count). The molecule has 0 unspecified atom stereocenters. The standard InChI is InChI=1S/C20H28N2O/c1-6-9-10-11-21-14-18-13-19(15(4)7-2)16(5)12-17(8-3)20(23)22-18/h8,10-14,21H,4,6-7,9H2,1-3,5H3,(H,22,23)/b11-10+,16-12?,17-8+,18-14-,19-13?. The van der Waals surface area contributed by atoms with E-state index in [9.17, 15) is 4.79 Å². The number of rotatable bonds is 6. The zero-order valence-corrected chi connectivity index (χ0v) is 14.7. The molecule has 0 aliphatic carbocycles. The van der Waals surface area contributed by atoms with Gasteiger partial charge in [0.2, 0.25) is 0 Å². The lowest BCUT2D eigenvalue weighted by Crippen LogP contribution is -2.25. The third-order valence-corrected chi connectivity index (χ3v) is 3.64. The quantitative estimate of drug-likeness (QED) is 0.701. The Bertz CT molecular complexity index is 601. The zero-order chi connectivity index (χ0) is 17.2. The molecular weight excluding hydrogens is 284 g/mol. The lowest BCUT2D eigenvalue weighted by Gasteiger charge is -2.17. The van der Waals surface area contributed by atoms with Gasteiger partial charge in [0.1, 0.15) is 0 Å². The van der Waals surface area contributed by atoms with Crippen LogP contribution in [0.3, 0.4) is 0 Å². The second-order valence-electron chi connectivity index (χ2n) is 5.50. The average Bonchev–Trinajstić information content (AvgIpc) is 2.54. The number of allylic oxidation sites excluding steroid dienone is 6. The van der Waals surface area contributed by atoms with E-state index in [1.807, 2.05) is 38.3 Å². The second-order valence-corrected chi connectivity index (χ2v) is 5.50. The largest absolute Gasteiger partial charge is 0.366 e. The molecule has 0 radical (unpaired) electrons. The average molecular weight is 312 g/mol. The minimum atomic E-state index is -0.102. The van der Waals surface area contributed by atoms with Crippen LogP contribution in [-0.4, -0.2) is 5.91 Å². The van der Waals surface area contributed by atoms with Gasteiger partial charge in [0.05, 0.1) is 5.70 Å². The van der Waals surface area contributed by atoms with Gasteiger partial charge in [-0.05, 0) is 61.8 Å². The van der Waals surface area contributed by atoms with E-state index in [1.54, 1.807) is 6.20 Å². The van der Waals surface area contributed by atoms with Gasteiger partial charge in [-0.25, -0.2) is 0 Å². The fraction of sp³-hybridized carbons (Fsp3) is 0.350. The van der Waals surface area contributed by atoms with Crippen LogP contribution in [0, 0.1) is 0 Å². The van der Waals surface area contributed by atoms with Crippen LogP contribution in [0.1, 0.15) is 47.0 Å². The molecule has 0 fully saturated rings. The van der Waals surface area contributed by atoms with E-state index in [1.165, 1.54) is 0 Å². The highest BCUT2D eigenvalue weighted by molar-refractivity contribution is 5.98. The summed E-state index contributed by atoms with van der Waals surface area (Å²) >= 11 is 0. The first-order valence-corrected chi connectivity index (χ1v) is 8.20. The molecule has 0 aromatic rings. The number of carbonyl (C=O) groups excluding carboxylic acids is 1. The van der Waals surface area contributed by atoms with E-state index in [4.69, 9.17) is 0 Å². The molecule has 0 aromatic carbocycles. The van der Waals surface area contributed by atoms with Gasteiger partial charge in [-0.15, -0.1) is 0 Å². The Morgan fingerprint density at radius 1 is 1.35 bits per heavy atom. The van der Waals surface area contributed by atoms with E-state index in [2.05, 4.69) is 37.1 Å². The van der Waals surface area contributed by atoms with Gasteiger partial charge in [0.15, 0.2) is 0 Å². The van der Waals surface area contributed by atoms with Crippen molar-refractivity contribution in [2.75, 3.05) is 0 Å². The second kappa shape index (κ2) is 9.67. The number of carbonyl (C=O) groups is 1. The Labute approximate surface area is 140 Å². The molecule has 0 atom stereocenters. The summed E-state index contributed by atoms with van der Waals surface area (Å²) in [4.78, 5) is 12.3. The van der Waals surface area contributed by atoms with Crippen molar-refractivity contribution in [3.63, 3.8) is 0 Å². The maximum Gasteiger partial charge on any atom is 0.255 e. The van der Waals surface area contributed by atoms with Gasteiger partial charge in [-0.2, -0.15) is 0 Å². The van der Waals surface area contributed by atoms with E-state index in [-0.39, 0.29) is 5.91 Å². The monoisotopic (exact) mass is 312 g/mol. The van der Waals surface area contributed by atoms with E-state index in [0.717, 1.165) is 41.7 Å².